The molecule has 0 amide bonds. The largest absolute Gasteiger partial charge is 0.310 e. The third-order valence-electron chi connectivity index (χ3n) is 2.95. The van der Waals surface area contributed by atoms with Gasteiger partial charge < -0.3 is 5.32 Å². The lowest BCUT2D eigenvalue weighted by molar-refractivity contribution is 0.598. The summed E-state index contributed by atoms with van der Waals surface area (Å²) in [4.78, 5) is 0. The van der Waals surface area contributed by atoms with Crippen molar-refractivity contribution >= 4 is 11.6 Å². The Balaban J connectivity index is 2.30. The van der Waals surface area contributed by atoms with E-state index in [1.165, 1.54) is 0 Å². The average molecular weight is 264 g/mol. The predicted molar refractivity (Wildman–Crippen MR) is 75.4 cm³/mol. The molecular formula is C14H18ClN3. The molecule has 1 heterocycles. The van der Waals surface area contributed by atoms with Gasteiger partial charge in [0.05, 0.1) is 11.4 Å². The highest BCUT2D eigenvalue weighted by atomic mass is 35.5. The minimum Gasteiger partial charge on any atom is -0.310 e. The van der Waals surface area contributed by atoms with E-state index in [0.717, 1.165) is 28.5 Å². The number of aryl methyl sites for hydroxylation is 1. The Bertz CT molecular complexity index is 534. The topological polar surface area (TPSA) is 29.9 Å². The van der Waals surface area contributed by atoms with Gasteiger partial charge in [-0.25, -0.2) is 4.68 Å². The second-order valence-electron chi connectivity index (χ2n) is 4.39. The minimum atomic E-state index is 0.260. The van der Waals surface area contributed by atoms with Crippen molar-refractivity contribution < 1.29 is 0 Å². The molecule has 0 bridgehead atoms. The first-order valence-electron chi connectivity index (χ1n) is 6.17. The number of nitrogens with one attached hydrogen (secondary N) is 1. The first-order valence-corrected chi connectivity index (χ1v) is 6.55. The van der Waals surface area contributed by atoms with Gasteiger partial charge in [0.25, 0.3) is 0 Å². The fourth-order valence-corrected chi connectivity index (χ4v) is 2.32. The second kappa shape index (κ2) is 5.55. The summed E-state index contributed by atoms with van der Waals surface area (Å²) in [6.45, 7) is 7.10. The Hall–Kier alpha value is -1.32. The highest BCUT2D eigenvalue weighted by Crippen LogP contribution is 2.25. The smallest absolute Gasteiger partial charge is 0.0660 e. The van der Waals surface area contributed by atoms with Crippen LogP contribution in [0.25, 0.3) is 5.69 Å². The Morgan fingerprint density at radius 2 is 2.17 bits per heavy atom. The van der Waals surface area contributed by atoms with Crippen LogP contribution in [0, 0.1) is 6.92 Å². The maximum absolute atomic E-state index is 6.34. The van der Waals surface area contributed by atoms with Crippen LogP contribution in [-0.2, 0) is 0 Å². The first kappa shape index (κ1) is 13.1. The van der Waals surface area contributed by atoms with E-state index < -0.39 is 0 Å². The molecule has 1 N–H and O–H groups in total. The van der Waals surface area contributed by atoms with E-state index >= 15 is 0 Å². The van der Waals surface area contributed by atoms with Crippen molar-refractivity contribution in [1.29, 1.82) is 0 Å². The van der Waals surface area contributed by atoms with Crippen molar-refractivity contribution in [2.75, 3.05) is 6.54 Å². The summed E-state index contributed by atoms with van der Waals surface area (Å²) in [5.41, 5.74) is 3.10. The zero-order valence-electron chi connectivity index (χ0n) is 10.9. The van der Waals surface area contributed by atoms with Gasteiger partial charge in [0.15, 0.2) is 0 Å². The van der Waals surface area contributed by atoms with E-state index in [1.54, 1.807) is 0 Å². The Morgan fingerprint density at radius 1 is 1.39 bits per heavy atom. The monoisotopic (exact) mass is 263 g/mol. The van der Waals surface area contributed by atoms with Crippen molar-refractivity contribution in [3.05, 3.63) is 46.7 Å². The van der Waals surface area contributed by atoms with E-state index in [4.69, 9.17) is 11.6 Å². The van der Waals surface area contributed by atoms with Crippen LogP contribution in [0.2, 0.25) is 5.02 Å². The van der Waals surface area contributed by atoms with E-state index in [-0.39, 0.29) is 6.04 Å². The summed E-state index contributed by atoms with van der Waals surface area (Å²) in [6.07, 6.45) is 1.94. The van der Waals surface area contributed by atoms with Gasteiger partial charge in [0, 0.05) is 17.3 Å². The minimum absolute atomic E-state index is 0.260. The second-order valence-corrected chi connectivity index (χ2v) is 4.79. The van der Waals surface area contributed by atoms with Crippen LogP contribution in [0.15, 0.2) is 30.5 Å². The van der Waals surface area contributed by atoms with Gasteiger partial charge >= 0.3 is 0 Å². The van der Waals surface area contributed by atoms with Gasteiger partial charge in [0.1, 0.15) is 0 Å². The van der Waals surface area contributed by atoms with Crippen molar-refractivity contribution in [3.8, 4) is 5.69 Å². The van der Waals surface area contributed by atoms with Crippen molar-refractivity contribution in [3.63, 3.8) is 0 Å². The lowest BCUT2D eigenvalue weighted by atomic mass is 10.1. The van der Waals surface area contributed by atoms with Crippen LogP contribution in [-0.4, -0.2) is 16.3 Å². The molecule has 0 saturated heterocycles. The van der Waals surface area contributed by atoms with Gasteiger partial charge in [-0.1, -0.05) is 24.6 Å². The molecule has 0 aliphatic heterocycles. The van der Waals surface area contributed by atoms with Crippen LogP contribution in [0.3, 0.4) is 0 Å². The number of benzene rings is 1. The SMILES string of the molecule is CCNC(C)c1ccc(-n2ccc(C)n2)cc1Cl. The van der Waals surface area contributed by atoms with Gasteiger partial charge in [-0.15, -0.1) is 0 Å². The number of hydrogen-bond acceptors (Lipinski definition) is 2. The van der Waals surface area contributed by atoms with Gasteiger partial charge in [-0.3, -0.25) is 0 Å². The standard InChI is InChI=1S/C14H18ClN3/c1-4-16-11(3)13-6-5-12(9-14(13)15)18-8-7-10(2)17-18/h5-9,11,16H,4H2,1-3H3. The van der Waals surface area contributed by atoms with Crippen molar-refractivity contribution in [2.45, 2.75) is 26.8 Å². The van der Waals surface area contributed by atoms with Crippen LogP contribution in [0.5, 0.6) is 0 Å². The van der Waals surface area contributed by atoms with E-state index in [9.17, 15) is 0 Å². The quantitative estimate of drug-likeness (QED) is 0.915. The Labute approximate surface area is 113 Å². The predicted octanol–water partition coefficient (Wildman–Crippen LogP) is 3.50. The van der Waals surface area contributed by atoms with Crippen molar-refractivity contribution in [2.24, 2.45) is 0 Å². The maximum Gasteiger partial charge on any atom is 0.0660 e. The summed E-state index contributed by atoms with van der Waals surface area (Å²) in [6, 6.07) is 8.29. The summed E-state index contributed by atoms with van der Waals surface area (Å²) < 4.78 is 1.84. The van der Waals surface area contributed by atoms with Crippen molar-refractivity contribution in [1.82, 2.24) is 15.1 Å². The molecule has 1 unspecified atom stereocenters. The number of rotatable bonds is 4. The molecule has 18 heavy (non-hydrogen) atoms. The summed E-state index contributed by atoms with van der Waals surface area (Å²) in [5, 5.41) is 8.51. The number of halogens is 1. The molecule has 1 aromatic carbocycles. The molecule has 1 atom stereocenters. The molecule has 0 spiro atoms. The number of aromatic nitrogens is 2. The molecule has 0 fully saturated rings. The van der Waals surface area contributed by atoms with Crippen LogP contribution >= 0.6 is 11.6 Å². The third kappa shape index (κ3) is 2.74. The third-order valence-corrected chi connectivity index (χ3v) is 3.28. The summed E-state index contributed by atoms with van der Waals surface area (Å²) in [5.74, 6) is 0. The Morgan fingerprint density at radius 3 is 2.72 bits per heavy atom. The first-order chi connectivity index (χ1) is 8.61. The molecule has 2 rings (SSSR count). The van der Waals surface area contributed by atoms with E-state index in [1.807, 2.05) is 36.0 Å². The molecule has 4 heteroatoms. The number of hydrogen-bond donors (Lipinski definition) is 1. The fourth-order valence-electron chi connectivity index (χ4n) is 1.98. The average Bonchev–Trinajstić information content (AvgIpc) is 2.76. The molecule has 0 aliphatic carbocycles. The van der Waals surface area contributed by atoms with Crippen LogP contribution in [0.4, 0.5) is 0 Å². The molecule has 96 valence electrons. The molecule has 2 aromatic rings. The van der Waals surface area contributed by atoms with Gasteiger partial charge in [-0.05, 0) is 44.2 Å². The van der Waals surface area contributed by atoms with E-state index in [0.29, 0.717) is 0 Å². The molecule has 0 radical (unpaired) electrons. The normalized spacial score (nSPS) is 12.7. The summed E-state index contributed by atoms with van der Waals surface area (Å²) >= 11 is 6.34. The Kier molecular flexibility index (Phi) is 4.04. The molecular weight excluding hydrogens is 246 g/mol. The molecule has 1 aromatic heterocycles. The molecule has 3 nitrogen and oxygen atoms in total. The lowest BCUT2D eigenvalue weighted by Crippen LogP contribution is -2.18. The van der Waals surface area contributed by atoms with Gasteiger partial charge in [-0.2, -0.15) is 5.10 Å². The zero-order chi connectivity index (χ0) is 13.1. The maximum atomic E-state index is 6.34. The lowest BCUT2D eigenvalue weighted by Gasteiger charge is -2.15. The van der Waals surface area contributed by atoms with Gasteiger partial charge in [0.2, 0.25) is 0 Å². The zero-order valence-corrected chi connectivity index (χ0v) is 11.7. The molecule has 0 aliphatic rings. The highest BCUT2D eigenvalue weighted by molar-refractivity contribution is 6.31. The highest BCUT2D eigenvalue weighted by Gasteiger charge is 2.09. The molecule has 0 saturated carbocycles. The number of nitrogens with zero attached hydrogens (tertiary/aromatic N) is 2. The summed E-state index contributed by atoms with van der Waals surface area (Å²) in [7, 11) is 0. The van der Waals surface area contributed by atoms with E-state index in [2.05, 4.69) is 30.3 Å². The van der Waals surface area contributed by atoms with Crippen LogP contribution < -0.4 is 5.32 Å². The van der Waals surface area contributed by atoms with Crippen LogP contribution in [0.1, 0.15) is 31.1 Å². The fraction of sp³-hybridized carbons (Fsp3) is 0.357.